The largest absolute Gasteiger partial charge is 0.366 e. The van der Waals surface area contributed by atoms with Crippen LogP contribution < -0.4 is 10.5 Å². The molecule has 4 heterocycles. The molecule has 1 aromatic heterocycles. The van der Waals surface area contributed by atoms with E-state index >= 15 is 0 Å². The van der Waals surface area contributed by atoms with E-state index in [4.69, 9.17) is 11.6 Å². The van der Waals surface area contributed by atoms with Crippen LogP contribution in [-0.2, 0) is 13.6 Å². The number of hydrogen-bond donors (Lipinski definition) is 0. The zero-order valence-electron chi connectivity index (χ0n) is 13.3. The molecule has 24 heavy (non-hydrogen) atoms. The summed E-state index contributed by atoms with van der Waals surface area (Å²) < 4.78 is 2.43. The quantitative estimate of drug-likeness (QED) is 0.781. The van der Waals surface area contributed by atoms with Gasteiger partial charge in [-0.05, 0) is 18.1 Å². The van der Waals surface area contributed by atoms with Gasteiger partial charge < -0.3 is 4.90 Å². The van der Waals surface area contributed by atoms with Crippen LogP contribution in [0.25, 0.3) is 0 Å². The van der Waals surface area contributed by atoms with E-state index in [-0.39, 0.29) is 10.6 Å². The fourth-order valence-electron chi connectivity index (χ4n) is 3.69. The van der Waals surface area contributed by atoms with Gasteiger partial charge >= 0.3 is 0 Å². The summed E-state index contributed by atoms with van der Waals surface area (Å²) in [7, 11) is 1.62. The minimum absolute atomic E-state index is 0.238. The highest BCUT2D eigenvalue weighted by atomic mass is 79.9. The van der Waals surface area contributed by atoms with E-state index in [9.17, 15) is 4.79 Å². The lowest BCUT2D eigenvalue weighted by atomic mass is 9.86. The summed E-state index contributed by atoms with van der Waals surface area (Å²) in [5.74, 6) is 0. The van der Waals surface area contributed by atoms with Crippen molar-refractivity contribution in [3.05, 3.63) is 55.9 Å². The summed E-state index contributed by atoms with van der Waals surface area (Å²) in [5.41, 5.74) is 1.84. The van der Waals surface area contributed by atoms with E-state index in [0.717, 1.165) is 29.8 Å². The van der Waals surface area contributed by atoms with Crippen molar-refractivity contribution in [2.24, 2.45) is 7.05 Å². The molecule has 2 bridgehead atoms. The molecule has 3 fully saturated rings. The molecule has 3 aliphatic heterocycles. The molecule has 5 nitrogen and oxygen atoms in total. The number of rotatable bonds is 3. The molecule has 0 saturated carbocycles. The Kier molecular flexibility index (Phi) is 4.14. The van der Waals surface area contributed by atoms with Gasteiger partial charge in [0.25, 0.3) is 5.56 Å². The number of benzene rings is 1. The molecule has 0 N–H and O–H groups in total. The third-order valence-corrected chi connectivity index (χ3v) is 6.18. The van der Waals surface area contributed by atoms with Crippen molar-refractivity contribution in [3.63, 3.8) is 0 Å². The number of halogens is 2. The third kappa shape index (κ3) is 2.66. The second kappa shape index (κ2) is 6.17. The molecule has 5 rings (SSSR count). The number of aromatic nitrogens is 2. The molecule has 2 aromatic rings. The first-order chi connectivity index (χ1) is 11.5. The van der Waals surface area contributed by atoms with Crippen molar-refractivity contribution in [2.75, 3.05) is 18.0 Å². The smallest absolute Gasteiger partial charge is 0.287 e. The van der Waals surface area contributed by atoms with Crippen molar-refractivity contribution >= 4 is 33.2 Å². The number of fused-ring (bicyclic) bond motifs is 2. The van der Waals surface area contributed by atoms with Gasteiger partial charge in [-0.1, -0.05) is 45.7 Å². The molecule has 0 aliphatic carbocycles. The van der Waals surface area contributed by atoms with Gasteiger partial charge in [0.15, 0.2) is 0 Å². The predicted octanol–water partition coefficient (Wildman–Crippen LogP) is 2.66. The average molecular weight is 410 g/mol. The Morgan fingerprint density at radius 1 is 1.29 bits per heavy atom. The van der Waals surface area contributed by atoms with Crippen LogP contribution in [0.3, 0.4) is 0 Å². The number of piperazine rings is 1. The van der Waals surface area contributed by atoms with Crippen LogP contribution in [-0.4, -0.2) is 39.9 Å². The number of piperidine rings is 1. The van der Waals surface area contributed by atoms with Gasteiger partial charge in [0.2, 0.25) is 0 Å². The lowest BCUT2D eigenvalue weighted by Crippen LogP contribution is -2.68. The number of anilines is 1. The van der Waals surface area contributed by atoms with Crippen LogP contribution in [0.15, 0.2) is 39.7 Å². The molecule has 1 aromatic carbocycles. The highest BCUT2D eigenvalue weighted by molar-refractivity contribution is 9.10. The van der Waals surface area contributed by atoms with Crippen molar-refractivity contribution in [1.29, 1.82) is 0 Å². The van der Waals surface area contributed by atoms with Crippen molar-refractivity contribution in [2.45, 2.75) is 25.0 Å². The topological polar surface area (TPSA) is 41.4 Å². The molecule has 3 saturated heterocycles. The number of nitrogens with zero attached hydrogens (tertiary/aromatic N) is 4. The van der Waals surface area contributed by atoms with Gasteiger partial charge in [0.05, 0.1) is 11.9 Å². The van der Waals surface area contributed by atoms with Crippen LogP contribution in [0.4, 0.5) is 5.69 Å². The van der Waals surface area contributed by atoms with E-state index in [1.165, 1.54) is 16.7 Å². The van der Waals surface area contributed by atoms with Crippen LogP contribution in [0.5, 0.6) is 0 Å². The fourth-order valence-corrected chi connectivity index (χ4v) is 4.39. The van der Waals surface area contributed by atoms with Crippen LogP contribution in [0.2, 0.25) is 5.02 Å². The van der Waals surface area contributed by atoms with Gasteiger partial charge in [0.1, 0.15) is 5.02 Å². The first kappa shape index (κ1) is 16.1. The zero-order chi connectivity index (χ0) is 16.8. The van der Waals surface area contributed by atoms with Gasteiger partial charge in [-0.25, -0.2) is 4.68 Å². The Hall–Kier alpha value is -1.37. The Bertz CT molecular complexity index is 828. The standard InChI is InChI=1S/C17H18BrClN4O/c1-21-17(24)16(19)15(7-20-21)22-9-12-6-13(10-22)23(12)8-11-4-2-3-5-14(11)18/h2-5,7,12-13H,6,8-10H2,1H3. The third-order valence-electron chi connectivity index (χ3n) is 5.06. The SMILES string of the molecule is Cn1ncc(N2CC3CC(C2)N3Cc2ccccc2Br)c(Cl)c1=O. The summed E-state index contributed by atoms with van der Waals surface area (Å²) in [4.78, 5) is 16.7. The van der Waals surface area contributed by atoms with E-state index < -0.39 is 0 Å². The summed E-state index contributed by atoms with van der Waals surface area (Å²) >= 11 is 9.88. The molecule has 0 radical (unpaired) electrons. The molecule has 2 unspecified atom stereocenters. The first-order valence-electron chi connectivity index (χ1n) is 8.00. The first-order valence-corrected chi connectivity index (χ1v) is 9.17. The summed E-state index contributed by atoms with van der Waals surface area (Å²) in [6.45, 7) is 2.72. The molecule has 7 heteroatoms. The minimum Gasteiger partial charge on any atom is -0.366 e. The minimum atomic E-state index is -0.238. The monoisotopic (exact) mass is 408 g/mol. The Morgan fingerprint density at radius 2 is 2.00 bits per heavy atom. The van der Waals surface area contributed by atoms with Crippen molar-refractivity contribution < 1.29 is 0 Å². The van der Waals surface area contributed by atoms with Gasteiger partial charge in [-0.2, -0.15) is 5.10 Å². The summed E-state index contributed by atoms with van der Waals surface area (Å²) in [6, 6.07) is 9.36. The molecular weight excluding hydrogens is 392 g/mol. The van der Waals surface area contributed by atoms with Crippen LogP contribution in [0.1, 0.15) is 12.0 Å². The maximum Gasteiger partial charge on any atom is 0.287 e. The lowest BCUT2D eigenvalue weighted by Gasteiger charge is -2.57. The molecular formula is C17H18BrClN4O. The Labute approximate surface area is 154 Å². The number of aryl methyl sites for hydroxylation is 1. The summed E-state index contributed by atoms with van der Waals surface area (Å²) in [5, 5.41) is 4.38. The van der Waals surface area contributed by atoms with Gasteiger partial charge in [0, 0.05) is 43.2 Å². The maximum absolute atomic E-state index is 12.0. The normalized spacial score (nSPS) is 23.2. The molecule has 0 spiro atoms. The van der Waals surface area contributed by atoms with Crippen LogP contribution in [0, 0.1) is 0 Å². The van der Waals surface area contributed by atoms with E-state index in [0.29, 0.717) is 12.1 Å². The van der Waals surface area contributed by atoms with E-state index in [1.54, 1.807) is 13.2 Å². The second-order valence-electron chi connectivity index (χ2n) is 6.48. The van der Waals surface area contributed by atoms with Gasteiger partial charge in [-0.3, -0.25) is 9.69 Å². The predicted molar refractivity (Wildman–Crippen MR) is 98.6 cm³/mol. The van der Waals surface area contributed by atoms with Crippen molar-refractivity contribution in [3.8, 4) is 0 Å². The Balaban J connectivity index is 1.50. The molecule has 0 amide bonds. The highest BCUT2D eigenvalue weighted by Crippen LogP contribution is 2.37. The van der Waals surface area contributed by atoms with E-state index in [1.807, 2.05) is 6.07 Å². The number of hydrogen-bond acceptors (Lipinski definition) is 4. The van der Waals surface area contributed by atoms with Gasteiger partial charge in [-0.15, -0.1) is 0 Å². The molecule has 3 aliphatic rings. The van der Waals surface area contributed by atoms with E-state index in [2.05, 4.69) is 49.0 Å². The maximum atomic E-state index is 12.0. The fraction of sp³-hybridized carbons (Fsp3) is 0.412. The van der Waals surface area contributed by atoms with Crippen molar-refractivity contribution in [1.82, 2.24) is 14.7 Å². The Morgan fingerprint density at radius 3 is 2.71 bits per heavy atom. The zero-order valence-corrected chi connectivity index (χ0v) is 15.7. The molecule has 2 atom stereocenters. The highest BCUT2D eigenvalue weighted by Gasteiger charge is 2.45. The lowest BCUT2D eigenvalue weighted by molar-refractivity contribution is -0.00862. The summed E-state index contributed by atoms with van der Waals surface area (Å²) in [6.07, 6.45) is 2.91. The molecule has 126 valence electrons. The van der Waals surface area contributed by atoms with Crippen LogP contribution >= 0.6 is 27.5 Å². The average Bonchev–Trinajstić information content (AvgIpc) is 2.59. The second-order valence-corrected chi connectivity index (χ2v) is 7.72.